The Bertz CT molecular complexity index is 1140. The van der Waals surface area contributed by atoms with Gasteiger partial charge in [0.15, 0.2) is 5.65 Å². The Morgan fingerprint density at radius 3 is 2.59 bits per heavy atom. The molecule has 172 valence electrons. The predicted octanol–water partition coefficient (Wildman–Crippen LogP) is 3.38. The van der Waals surface area contributed by atoms with Crippen LogP contribution in [0.5, 0.6) is 5.75 Å². The van der Waals surface area contributed by atoms with Crippen molar-refractivity contribution in [2.75, 3.05) is 46.2 Å². The Hall–Kier alpha value is -2.87. The molecule has 8 nitrogen and oxygen atoms in total. The number of nitrogens with zero attached hydrogens (tertiary/aromatic N) is 5. The van der Waals surface area contributed by atoms with E-state index in [2.05, 4.69) is 35.9 Å². The number of aryl methyl sites for hydroxylation is 1. The van der Waals surface area contributed by atoms with E-state index < -0.39 is 0 Å². The molecule has 4 rings (SSSR count). The molecule has 1 aromatic carbocycles. The number of fused-ring (bicyclic) bond motifs is 1. The van der Waals surface area contributed by atoms with Gasteiger partial charge in [0.25, 0.3) is 5.56 Å². The molecule has 32 heavy (non-hydrogen) atoms. The standard InChI is InChI=1S/C24H34N6O2/c1-28(2)13-14-29(3)17-11-12-18(19(15-17)32-5)22-25-23-20(24(31)26-22)21(27-30(23)4)16-9-7-6-8-10-16/h11-12,15-16H,6-10,13-14H2,1-5H3,(H,25,26,31). The SMILES string of the molecule is COc1cc(N(C)CCN(C)C)ccc1-c1nc2c(c(C3CCCCC3)nn2C)c(=O)[nH]1. The lowest BCUT2D eigenvalue weighted by atomic mass is 9.86. The van der Waals surface area contributed by atoms with Crippen molar-refractivity contribution >= 4 is 16.7 Å². The molecule has 1 aliphatic carbocycles. The minimum absolute atomic E-state index is 0.132. The second-order valence-electron chi connectivity index (χ2n) is 9.07. The van der Waals surface area contributed by atoms with E-state index in [9.17, 15) is 4.79 Å². The van der Waals surface area contributed by atoms with E-state index in [1.807, 2.05) is 25.2 Å². The van der Waals surface area contributed by atoms with Crippen molar-refractivity contribution in [2.45, 2.75) is 38.0 Å². The second kappa shape index (κ2) is 9.32. The fourth-order valence-corrected chi connectivity index (χ4v) is 4.57. The number of rotatable bonds is 7. The topological polar surface area (TPSA) is 79.3 Å². The predicted molar refractivity (Wildman–Crippen MR) is 129 cm³/mol. The largest absolute Gasteiger partial charge is 0.496 e. The van der Waals surface area contributed by atoms with E-state index in [-0.39, 0.29) is 5.56 Å². The Labute approximate surface area is 189 Å². The first kappa shape index (κ1) is 22.3. The van der Waals surface area contributed by atoms with Crippen molar-refractivity contribution in [3.8, 4) is 17.1 Å². The molecular formula is C24H34N6O2. The summed E-state index contributed by atoms with van der Waals surface area (Å²) in [7, 11) is 9.70. The molecule has 1 N–H and O–H groups in total. The number of hydrogen-bond donors (Lipinski definition) is 1. The lowest BCUT2D eigenvalue weighted by Gasteiger charge is -2.22. The summed E-state index contributed by atoms with van der Waals surface area (Å²) in [6.07, 6.45) is 5.82. The average Bonchev–Trinajstić information content (AvgIpc) is 3.14. The first-order valence-corrected chi connectivity index (χ1v) is 11.4. The first-order valence-electron chi connectivity index (χ1n) is 11.4. The monoisotopic (exact) mass is 438 g/mol. The number of methoxy groups -OCH3 is 1. The van der Waals surface area contributed by atoms with Gasteiger partial charge in [0.2, 0.25) is 0 Å². The van der Waals surface area contributed by atoms with Gasteiger partial charge in [0, 0.05) is 44.9 Å². The number of aromatic amines is 1. The number of aromatic nitrogens is 4. The van der Waals surface area contributed by atoms with Crippen molar-refractivity contribution in [1.29, 1.82) is 0 Å². The molecule has 1 fully saturated rings. The number of nitrogens with one attached hydrogen (secondary N) is 1. The number of likely N-dealkylation sites (N-methyl/N-ethyl adjacent to an activating group) is 2. The third-order valence-electron chi connectivity index (χ3n) is 6.48. The number of anilines is 1. The molecule has 1 aliphatic rings. The molecule has 0 atom stereocenters. The highest BCUT2D eigenvalue weighted by molar-refractivity contribution is 5.81. The number of H-pyrrole nitrogens is 1. The van der Waals surface area contributed by atoms with E-state index in [1.54, 1.807) is 11.8 Å². The third kappa shape index (κ3) is 4.37. The number of ether oxygens (including phenoxy) is 1. The van der Waals surface area contributed by atoms with Gasteiger partial charge in [-0.25, -0.2) is 9.67 Å². The molecule has 0 radical (unpaired) electrons. The van der Waals surface area contributed by atoms with Crippen molar-refractivity contribution < 1.29 is 4.74 Å². The fraction of sp³-hybridized carbons (Fsp3) is 0.542. The fourth-order valence-electron chi connectivity index (χ4n) is 4.57. The van der Waals surface area contributed by atoms with Crippen LogP contribution in [0.2, 0.25) is 0 Å². The van der Waals surface area contributed by atoms with Gasteiger partial charge in [-0.1, -0.05) is 19.3 Å². The summed E-state index contributed by atoms with van der Waals surface area (Å²) < 4.78 is 7.42. The minimum Gasteiger partial charge on any atom is -0.496 e. The van der Waals surface area contributed by atoms with Gasteiger partial charge < -0.3 is 19.5 Å². The van der Waals surface area contributed by atoms with Crippen LogP contribution in [-0.4, -0.2) is 66.0 Å². The van der Waals surface area contributed by atoms with Crippen LogP contribution in [-0.2, 0) is 7.05 Å². The smallest absolute Gasteiger partial charge is 0.262 e. The maximum Gasteiger partial charge on any atom is 0.262 e. The van der Waals surface area contributed by atoms with Crippen molar-refractivity contribution in [3.05, 3.63) is 34.2 Å². The minimum atomic E-state index is -0.132. The Morgan fingerprint density at radius 2 is 1.91 bits per heavy atom. The van der Waals surface area contributed by atoms with Crippen LogP contribution in [0.15, 0.2) is 23.0 Å². The molecule has 0 spiro atoms. The summed E-state index contributed by atoms with van der Waals surface area (Å²) in [4.78, 5) is 25.3. The van der Waals surface area contributed by atoms with Gasteiger partial charge in [0.1, 0.15) is 17.0 Å². The molecule has 0 bridgehead atoms. The Balaban J connectivity index is 1.72. The van der Waals surface area contributed by atoms with Crippen LogP contribution in [0.3, 0.4) is 0 Å². The molecule has 0 saturated heterocycles. The van der Waals surface area contributed by atoms with Crippen molar-refractivity contribution in [2.24, 2.45) is 7.05 Å². The Kier molecular flexibility index (Phi) is 6.50. The zero-order valence-electron chi connectivity index (χ0n) is 19.8. The average molecular weight is 439 g/mol. The first-order chi connectivity index (χ1) is 15.4. The number of hydrogen-bond acceptors (Lipinski definition) is 6. The highest BCUT2D eigenvalue weighted by atomic mass is 16.5. The zero-order chi connectivity index (χ0) is 22.8. The normalized spacial score (nSPS) is 14.9. The van der Waals surface area contributed by atoms with E-state index in [4.69, 9.17) is 14.8 Å². The summed E-state index contributed by atoms with van der Waals surface area (Å²) in [6.45, 7) is 1.85. The van der Waals surface area contributed by atoms with Gasteiger partial charge in [-0.2, -0.15) is 5.10 Å². The van der Waals surface area contributed by atoms with Crippen LogP contribution < -0.4 is 15.2 Å². The zero-order valence-corrected chi connectivity index (χ0v) is 19.8. The molecule has 1 saturated carbocycles. The lowest BCUT2D eigenvalue weighted by molar-refractivity contribution is 0.413. The highest BCUT2D eigenvalue weighted by Crippen LogP contribution is 2.35. The molecule has 3 aromatic rings. The molecule has 2 aromatic heterocycles. The Morgan fingerprint density at radius 1 is 1.16 bits per heavy atom. The second-order valence-corrected chi connectivity index (χ2v) is 9.07. The van der Waals surface area contributed by atoms with Crippen LogP contribution in [0.4, 0.5) is 5.69 Å². The van der Waals surface area contributed by atoms with Crippen LogP contribution in [0.1, 0.15) is 43.7 Å². The highest BCUT2D eigenvalue weighted by Gasteiger charge is 2.25. The van der Waals surface area contributed by atoms with E-state index in [1.165, 1.54) is 19.3 Å². The third-order valence-corrected chi connectivity index (χ3v) is 6.48. The van der Waals surface area contributed by atoms with Gasteiger partial charge in [-0.15, -0.1) is 0 Å². The maximum atomic E-state index is 13.2. The van der Waals surface area contributed by atoms with Crippen LogP contribution in [0, 0.1) is 0 Å². The van der Waals surface area contributed by atoms with Gasteiger partial charge in [0.05, 0.1) is 18.4 Å². The van der Waals surface area contributed by atoms with Crippen molar-refractivity contribution in [3.63, 3.8) is 0 Å². The van der Waals surface area contributed by atoms with Gasteiger partial charge in [-0.3, -0.25) is 4.79 Å². The summed E-state index contributed by atoms with van der Waals surface area (Å²) in [6, 6.07) is 5.99. The maximum absolute atomic E-state index is 13.2. The quantitative estimate of drug-likeness (QED) is 0.609. The molecule has 2 heterocycles. The van der Waals surface area contributed by atoms with Gasteiger partial charge >= 0.3 is 0 Å². The molecule has 0 aliphatic heterocycles. The number of benzene rings is 1. The molecule has 0 unspecified atom stereocenters. The van der Waals surface area contributed by atoms with E-state index in [0.29, 0.717) is 28.5 Å². The molecular weight excluding hydrogens is 404 g/mol. The summed E-state index contributed by atoms with van der Waals surface area (Å²) >= 11 is 0. The summed E-state index contributed by atoms with van der Waals surface area (Å²) in [5.41, 5.74) is 3.20. The molecule has 0 amide bonds. The van der Waals surface area contributed by atoms with Crippen molar-refractivity contribution in [1.82, 2.24) is 24.6 Å². The van der Waals surface area contributed by atoms with E-state index in [0.717, 1.165) is 42.9 Å². The molecule has 8 heteroatoms. The van der Waals surface area contributed by atoms with E-state index >= 15 is 0 Å². The van der Waals surface area contributed by atoms with Crippen LogP contribution in [0.25, 0.3) is 22.4 Å². The lowest BCUT2D eigenvalue weighted by Crippen LogP contribution is -2.28. The van der Waals surface area contributed by atoms with Crippen LogP contribution >= 0.6 is 0 Å². The summed E-state index contributed by atoms with van der Waals surface area (Å²) in [5, 5.41) is 5.34. The summed E-state index contributed by atoms with van der Waals surface area (Å²) in [5.74, 6) is 1.52. The van der Waals surface area contributed by atoms with Gasteiger partial charge in [-0.05, 0) is 39.1 Å².